The van der Waals surface area contributed by atoms with Crippen LogP contribution in [0.25, 0.3) is 0 Å². The number of hydrogen-bond acceptors (Lipinski definition) is 2. The highest BCUT2D eigenvalue weighted by Crippen LogP contribution is 2.30. The number of thioether (sulfide) groups is 1. The highest BCUT2D eigenvalue weighted by molar-refractivity contribution is 7.98. The number of nitrogens with one attached hydrogen (secondary N) is 1. The molecule has 1 nitrogen and oxygen atoms in total. The van der Waals surface area contributed by atoms with Crippen LogP contribution in [0.2, 0.25) is 0 Å². The second-order valence-corrected chi connectivity index (χ2v) is 6.42. The van der Waals surface area contributed by atoms with Gasteiger partial charge in [0.25, 0.3) is 0 Å². The van der Waals surface area contributed by atoms with Gasteiger partial charge in [0.2, 0.25) is 0 Å². The van der Waals surface area contributed by atoms with Crippen LogP contribution < -0.4 is 5.32 Å². The minimum atomic E-state index is 0.420. The van der Waals surface area contributed by atoms with Gasteiger partial charge in [-0.1, -0.05) is 37.1 Å². The van der Waals surface area contributed by atoms with Gasteiger partial charge >= 0.3 is 0 Å². The summed E-state index contributed by atoms with van der Waals surface area (Å²) in [6.07, 6.45) is 12.4. The van der Waals surface area contributed by atoms with Crippen LogP contribution in [0, 0.1) is 0 Å². The fourth-order valence-electron chi connectivity index (χ4n) is 2.85. The lowest BCUT2D eigenvalue weighted by Gasteiger charge is -2.22. The van der Waals surface area contributed by atoms with E-state index >= 15 is 0 Å². The van der Waals surface area contributed by atoms with Gasteiger partial charge in [0, 0.05) is 4.90 Å². The molecule has 1 unspecified atom stereocenters. The fraction of sp³-hybridized carbons (Fsp3) is 0.556. The highest BCUT2D eigenvalue weighted by atomic mass is 32.2. The topological polar surface area (TPSA) is 12.0 Å². The molecule has 0 saturated heterocycles. The van der Waals surface area contributed by atoms with Crippen molar-refractivity contribution >= 4 is 11.8 Å². The van der Waals surface area contributed by atoms with Crippen molar-refractivity contribution in [2.24, 2.45) is 0 Å². The minimum absolute atomic E-state index is 0.420. The van der Waals surface area contributed by atoms with Gasteiger partial charge < -0.3 is 5.32 Å². The molecule has 0 aromatic heterocycles. The summed E-state index contributed by atoms with van der Waals surface area (Å²) in [5.74, 6) is 0. The summed E-state index contributed by atoms with van der Waals surface area (Å²) in [5, 5.41) is 3.75. The zero-order valence-corrected chi connectivity index (χ0v) is 13.6. The van der Waals surface area contributed by atoms with Crippen molar-refractivity contribution in [1.82, 2.24) is 5.32 Å². The van der Waals surface area contributed by atoms with Gasteiger partial charge in [-0.05, 0) is 62.6 Å². The molecule has 1 aromatic carbocycles. The summed E-state index contributed by atoms with van der Waals surface area (Å²) in [6, 6.07) is 9.51. The van der Waals surface area contributed by atoms with E-state index in [-0.39, 0.29) is 0 Å². The first-order valence-electron chi connectivity index (χ1n) is 7.91. The zero-order chi connectivity index (χ0) is 14.2. The van der Waals surface area contributed by atoms with Crippen LogP contribution in [0.5, 0.6) is 0 Å². The fourth-order valence-corrected chi connectivity index (χ4v) is 3.26. The Morgan fingerprint density at radius 3 is 2.65 bits per heavy atom. The van der Waals surface area contributed by atoms with Crippen LogP contribution in [-0.2, 0) is 0 Å². The number of hydrogen-bond donors (Lipinski definition) is 1. The summed E-state index contributed by atoms with van der Waals surface area (Å²) in [5.41, 5.74) is 3.03. The molecule has 20 heavy (non-hydrogen) atoms. The molecule has 1 aromatic rings. The van der Waals surface area contributed by atoms with Gasteiger partial charge in [-0.3, -0.25) is 0 Å². The Kier molecular flexibility index (Phi) is 6.68. The molecule has 110 valence electrons. The Morgan fingerprint density at radius 1 is 1.15 bits per heavy atom. The summed E-state index contributed by atoms with van der Waals surface area (Å²) in [7, 11) is 0. The first-order valence-corrected chi connectivity index (χ1v) is 9.14. The van der Waals surface area contributed by atoms with Crippen molar-refractivity contribution in [2.75, 3.05) is 12.8 Å². The van der Waals surface area contributed by atoms with Crippen LogP contribution in [-0.4, -0.2) is 12.8 Å². The molecule has 0 fully saturated rings. The predicted octanol–water partition coefficient (Wildman–Crippen LogP) is 5.34. The Morgan fingerprint density at radius 2 is 1.95 bits per heavy atom. The molecule has 0 spiro atoms. The monoisotopic (exact) mass is 289 g/mol. The Hall–Kier alpha value is -0.730. The van der Waals surface area contributed by atoms with Crippen LogP contribution in [0.15, 0.2) is 40.8 Å². The van der Waals surface area contributed by atoms with Crippen molar-refractivity contribution in [3.05, 3.63) is 41.5 Å². The lowest BCUT2D eigenvalue weighted by molar-refractivity contribution is 0.567. The van der Waals surface area contributed by atoms with Gasteiger partial charge in [0.05, 0.1) is 6.04 Å². The zero-order valence-electron chi connectivity index (χ0n) is 12.8. The van der Waals surface area contributed by atoms with Crippen molar-refractivity contribution in [1.29, 1.82) is 0 Å². The third-order valence-electron chi connectivity index (χ3n) is 3.99. The first kappa shape index (κ1) is 15.7. The van der Waals surface area contributed by atoms with Crippen molar-refractivity contribution < 1.29 is 0 Å². The van der Waals surface area contributed by atoms with E-state index < -0.39 is 0 Å². The van der Waals surface area contributed by atoms with E-state index in [2.05, 4.69) is 48.8 Å². The maximum Gasteiger partial charge on any atom is 0.0536 e. The average molecular weight is 289 g/mol. The van der Waals surface area contributed by atoms with E-state index in [1.54, 1.807) is 5.57 Å². The van der Waals surface area contributed by atoms with Crippen LogP contribution in [0.4, 0.5) is 0 Å². The second-order valence-electron chi connectivity index (χ2n) is 5.54. The molecular weight excluding hydrogens is 262 g/mol. The molecule has 1 N–H and O–H groups in total. The number of benzene rings is 1. The Bertz CT molecular complexity index is 422. The van der Waals surface area contributed by atoms with Gasteiger partial charge in [-0.25, -0.2) is 0 Å². The number of rotatable bonds is 6. The predicted molar refractivity (Wildman–Crippen MR) is 90.4 cm³/mol. The lowest BCUT2D eigenvalue weighted by atomic mass is 9.95. The van der Waals surface area contributed by atoms with Crippen LogP contribution in [0.3, 0.4) is 0 Å². The summed E-state index contributed by atoms with van der Waals surface area (Å²) in [4.78, 5) is 1.35. The quantitative estimate of drug-likeness (QED) is 0.560. The normalized spacial score (nSPS) is 17.4. The molecule has 0 heterocycles. The third kappa shape index (κ3) is 4.39. The molecular formula is C18H27NS. The van der Waals surface area contributed by atoms with Crippen LogP contribution >= 0.6 is 11.8 Å². The van der Waals surface area contributed by atoms with E-state index in [1.165, 1.54) is 49.0 Å². The third-order valence-corrected chi connectivity index (χ3v) is 4.74. The van der Waals surface area contributed by atoms with Gasteiger partial charge in [0.15, 0.2) is 0 Å². The molecule has 0 radical (unpaired) electrons. The molecule has 2 rings (SSSR count). The Balaban J connectivity index is 2.18. The Labute approximate surface area is 128 Å². The molecule has 0 amide bonds. The smallest absolute Gasteiger partial charge is 0.0536 e. The maximum atomic E-state index is 3.75. The summed E-state index contributed by atoms with van der Waals surface area (Å²) in [6.45, 7) is 3.33. The van der Waals surface area contributed by atoms with Gasteiger partial charge in [0.1, 0.15) is 0 Å². The summed E-state index contributed by atoms with van der Waals surface area (Å²) < 4.78 is 0. The highest BCUT2D eigenvalue weighted by Gasteiger charge is 2.16. The maximum absolute atomic E-state index is 3.75. The molecule has 1 atom stereocenters. The van der Waals surface area contributed by atoms with Gasteiger partial charge in [-0.15, -0.1) is 11.8 Å². The molecule has 1 aliphatic carbocycles. The van der Waals surface area contributed by atoms with E-state index in [9.17, 15) is 0 Å². The van der Waals surface area contributed by atoms with Crippen molar-refractivity contribution in [2.45, 2.75) is 56.4 Å². The van der Waals surface area contributed by atoms with Crippen molar-refractivity contribution in [3.8, 4) is 0 Å². The van der Waals surface area contributed by atoms with E-state index in [0.717, 1.165) is 6.54 Å². The van der Waals surface area contributed by atoms with E-state index in [0.29, 0.717) is 6.04 Å². The first-order chi connectivity index (χ1) is 9.85. The molecule has 0 saturated carbocycles. The van der Waals surface area contributed by atoms with Gasteiger partial charge in [-0.2, -0.15) is 0 Å². The minimum Gasteiger partial charge on any atom is -0.307 e. The number of allylic oxidation sites excluding steroid dienone is 1. The van der Waals surface area contributed by atoms with Crippen LogP contribution in [0.1, 0.15) is 57.1 Å². The van der Waals surface area contributed by atoms with Crippen molar-refractivity contribution in [3.63, 3.8) is 0 Å². The van der Waals surface area contributed by atoms with E-state index in [1.807, 2.05) is 11.8 Å². The molecule has 1 aliphatic rings. The van der Waals surface area contributed by atoms with E-state index in [4.69, 9.17) is 0 Å². The average Bonchev–Trinajstić information content (AvgIpc) is 2.77. The second kappa shape index (κ2) is 8.53. The standard InChI is InChI=1S/C18H27NS/c1-3-14-19-18(15-8-6-4-5-7-9-15)16-10-12-17(20-2)13-11-16/h8,10-13,18-19H,3-7,9,14H2,1-2H3. The largest absolute Gasteiger partial charge is 0.307 e. The lowest BCUT2D eigenvalue weighted by Crippen LogP contribution is -2.24. The SMILES string of the molecule is CCCNC(C1=CCCCCC1)c1ccc(SC)cc1. The summed E-state index contributed by atoms with van der Waals surface area (Å²) >= 11 is 1.81. The molecule has 2 heteroatoms. The molecule has 0 bridgehead atoms. The molecule has 0 aliphatic heterocycles.